The molecule has 3 rings (SSSR count). The summed E-state index contributed by atoms with van der Waals surface area (Å²) in [6.07, 6.45) is 2.66. The third-order valence-corrected chi connectivity index (χ3v) is 5.40. The second-order valence-corrected chi connectivity index (χ2v) is 8.15. The molecular weight excluding hydrogens is 456 g/mol. The Morgan fingerprint density at radius 2 is 2.03 bits per heavy atom. The summed E-state index contributed by atoms with van der Waals surface area (Å²) in [7, 11) is 1.64. The molecule has 0 radical (unpaired) electrons. The molecule has 1 unspecified atom stereocenters. The van der Waals surface area contributed by atoms with Gasteiger partial charge in [0.1, 0.15) is 22.8 Å². The van der Waals surface area contributed by atoms with Gasteiger partial charge >= 0.3 is 0 Å². The van der Waals surface area contributed by atoms with Crippen molar-refractivity contribution in [3.63, 3.8) is 0 Å². The number of methoxy groups -OCH3 is 1. The van der Waals surface area contributed by atoms with Crippen molar-refractivity contribution in [3.8, 4) is 5.75 Å². The monoisotopic (exact) mass is 489 g/mol. The number of pyridine rings is 1. The van der Waals surface area contributed by atoms with E-state index < -0.39 is 5.82 Å². The standard InChI is InChI=1S/C23H32FN3O3.2ClH/c1-15(2)27(17-7-5-8-25-14-17)23(28)20-13-21(30-10-6-9-29-4)18-11-16(3)12-19(24)22(18)26-20;;/h11-13,15,17,25H,5-10,14H2,1-4H3;2*1H. The number of hydrogen-bond donors (Lipinski definition) is 1. The van der Waals surface area contributed by atoms with Crippen molar-refractivity contribution in [3.05, 3.63) is 35.3 Å². The highest BCUT2D eigenvalue weighted by atomic mass is 35.5. The molecule has 1 saturated heterocycles. The van der Waals surface area contributed by atoms with Gasteiger partial charge in [0.25, 0.3) is 5.91 Å². The van der Waals surface area contributed by atoms with E-state index in [1.165, 1.54) is 6.07 Å². The molecule has 1 amide bonds. The molecular formula is C23H34Cl2FN3O3. The van der Waals surface area contributed by atoms with Gasteiger partial charge in [-0.2, -0.15) is 0 Å². The zero-order chi connectivity index (χ0) is 21.7. The van der Waals surface area contributed by atoms with Gasteiger partial charge in [-0.3, -0.25) is 4.79 Å². The van der Waals surface area contributed by atoms with Gasteiger partial charge in [0, 0.05) is 50.2 Å². The smallest absolute Gasteiger partial charge is 0.273 e. The highest BCUT2D eigenvalue weighted by Gasteiger charge is 2.30. The van der Waals surface area contributed by atoms with Gasteiger partial charge in [0.2, 0.25) is 0 Å². The Morgan fingerprint density at radius 1 is 1.28 bits per heavy atom. The fraction of sp³-hybridized carbons (Fsp3) is 0.565. The molecule has 0 spiro atoms. The van der Waals surface area contributed by atoms with E-state index in [2.05, 4.69) is 10.3 Å². The Bertz CT molecular complexity index is 892. The molecule has 1 aromatic carbocycles. The van der Waals surface area contributed by atoms with Crippen molar-refractivity contribution in [2.24, 2.45) is 0 Å². The Morgan fingerprint density at radius 3 is 2.66 bits per heavy atom. The number of piperidine rings is 1. The van der Waals surface area contributed by atoms with Crippen molar-refractivity contribution >= 4 is 41.6 Å². The minimum Gasteiger partial charge on any atom is -0.493 e. The first-order valence-electron chi connectivity index (χ1n) is 10.7. The lowest BCUT2D eigenvalue weighted by Crippen LogP contribution is -2.51. The van der Waals surface area contributed by atoms with Crippen molar-refractivity contribution in [1.29, 1.82) is 0 Å². The lowest BCUT2D eigenvalue weighted by atomic mass is 10.0. The van der Waals surface area contributed by atoms with E-state index in [9.17, 15) is 9.18 Å². The van der Waals surface area contributed by atoms with Crippen LogP contribution in [0.4, 0.5) is 4.39 Å². The van der Waals surface area contributed by atoms with Crippen molar-refractivity contribution in [2.45, 2.75) is 52.1 Å². The number of aromatic nitrogens is 1. The summed E-state index contributed by atoms with van der Waals surface area (Å²) in [6.45, 7) is 8.53. The van der Waals surface area contributed by atoms with E-state index in [0.29, 0.717) is 30.8 Å². The molecule has 180 valence electrons. The quantitative estimate of drug-likeness (QED) is 0.551. The molecule has 2 aromatic rings. The topological polar surface area (TPSA) is 63.7 Å². The number of fused-ring (bicyclic) bond motifs is 1. The minimum atomic E-state index is -0.447. The van der Waals surface area contributed by atoms with Crippen LogP contribution in [0, 0.1) is 12.7 Å². The summed E-state index contributed by atoms with van der Waals surface area (Å²) in [5.74, 6) is -0.160. The number of halogens is 3. The van der Waals surface area contributed by atoms with Crippen molar-refractivity contribution < 1.29 is 18.7 Å². The fourth-order valence-electron chi connectivity index (χ4n) is 4.03. The number of hydrogen-bond acceptors (Lipinski definition) is 5. The Hall–Kier alpha value is -1.67. The third-order valence-electron chi connectivity index (χ3n) is 5.40. The first-order chi connectivity index (χ1) is 14.4. The Balaban J connectivity index is 0.00000256. The fourth-order valence-corrected chi connectivity index (χ4v) is 4.03. The van der Waals surface area contributed by atoms with Gasteiger partial charge in [-0.15, -0.1) is 24.8 Å². The van der Waals surface area contributed by atoms with Gasteiger partial charge < -0.3 is 19.7 Å². The van der Waals surface area contributed by atoms with Crippen LogP contribution in [0.3, 0.4) is 0 Å². The summed E-state index contributed by atoms with van der Waals surface area (Å²) < 4.78 is 25.8. The van der Waals surface area contributed by atoms with E-state index >= 15 is 0 Å². The number of rotatable bonds is 8. The summed E-state index contributed by atoms with van der Waals surface area (Å²) in [6, 6.07) is 5.04. The van der Waals surface area contributed by atoms with E-state index in [4.69, 9.17) is 9.47 Å². The largest absolute Gasteiger partial charge is 0.493 e. The molecule has 2 heterocycles. The zero-order valence-electron chi connectivity index (χ0n) is 19.2. The zero-order valence-corrected chi connectivity index (χ0v) is 20.8. The lowest BCUT2D eigenvalue weighted by molar-refractivity contribution is 0.0567. The first kappa shape index (κ1) is 28.4. The number of nitrogens with zero attached hydrogens (tertiary/aromatic N) is 2. The van der Waals surface area contributed by atoms with Gasteiger partial charge in [0.15, 0.2) is 0 Å². The average molecular weight is 490 g/mol. The molecule has 1 aliphatic heterocycles. The van der Waals surface area contributed by atoms with Crippen molar-refractivity contribution in [1.82, 2.24) is 15.2 Å². The first-order valence-corrected chi connectivity index (χ1v) is 10.7. The van der Waals surface area contributed by atoms with Crippen LogP contribution in [0.15, 0.2) is 18.2 Å². The third kappa shape index (κ3) is 6.67. The maximum absolute atomic E-state index is 14.8. The van der Waals surface area contributed by atoms with Gasteiger partial charge in [-0.1, -0.05) is 0 Å². The number of benzene rings is 1. The average Bonchev–Trinajstić information content (AvgIpc) is 2.72. The predicted molar refractivity (Wildman–Crippen MR) is 130 cm³/mol. The molecule has 1 atom stereocenters. The van der Waals surface area contributed by atoms with E-state index in [1.807, 2.05) is 31.7 Å². The molecule has 1 aliphatic rings. The second-order valence-electron chi connectivity index (χ2n) is 8.15. The SMILES string of the molecule is COCCCOc1cc(C(=O)N(C(C)C)C2CCCNC2)nc2c(F)cc(C)cc12.Cl.Cl. The number of carbonyl (C=O) groups is 1. The normalized spacial score (nSPS) is 15.8. The number of nitrogens with one attached hydrogen (secondary N) is 1. The van der Waals surface area contributed by atoms with Crippen LogP contribution in [0.5, 0.6) is 5.75 Å². The maximum atomic E-state index is 14.8. The highest BCUT2D eigenvalue weighted by molar-refractivity contribution is 5.97. The van der Waals surface area contributed by atoms with Gasteiger partial charge in [-0.25, -0.2) is 9.37 Å². The minimum absolute atomic E-state index is 0. The number of ether oxygens (including phenoxy) is 2. The van der Waals surface area contributed by atoms with E-state index in [-0.39, 0.29) is 54.0 Å². The van der Waals surface area contributed by atoms with Crippen molar-refractivity contribution in [2.75, 3.05) is 33.4 Å². The van der Waals surface area contributed by atoms with E-state index in [1.54, 1.807) is 13.2 Å². The van der Waals surface area contributed by atoms with Crippen LogP contribution in [0.2, 0.25) is 0 Å². The summed E-state index contributed by atoms with van der Waals surface area (Å²) >= 11 is 0. The highest BCUT2D eigenvalue weighted by Crippen LogP contribution is 2.30. The summed E-state index contributed by atoms with van der Waals surface area (Å²) in [5, 5.41) is 3.94. The molecule has 6 nitrogen and oxygen atoms in total. The molecule has 1 N–H and O–H groups in total. The number of carbonyl (C=O) groups excluding carboxylic acids is 1. The molecule has 1 aromatic heterocycles. The maximum Gasteiger partial charge on any atom is 0.273 e. The molecule has 32 heavy (non-hydrogen) atoms. The van der Waals surface area contributed by atoms with Crippen LogP contribution in [0.25, 0.3) is 10.9 Å². The van der Waals surface area contributed by atoms with Crippen LogP contribution in [-0.2, 0) is 4.74 Å². The number of aryl methyl sites for hydroxylation is 1. The Kier molecular flexibility index (Phi) is 11.6. The molecule has 0 bridgehead atoms. The summed E-state index contributed by atoms with van der Waals surface area (Å²) in [4.78, 5) is 19.8. The second kappa shape index (κ2) is 13.1. The Labute approximate surface area is 202 Å². The van der Waals surface area contributed by atoms with E-state index in [0.717, 1.165) is 31.5 Å². The lowest BCUT2D eigenvalue weighted by Gasteiger charge is -2.37. The van der Waals surface area contributed by atoms with Crippen LogP contribution >= 0.6 is 24.8 Å². The molecule has 0 saturated carbocycles. The molecule has 9 heteroatoms. The van der Waals surface area contributed by atoms with Gasteiger partial charge in [-0.05, 0) is 57.9 Å². The summed E-state index contributed by atoms with van der Waals surface area (Å²) in [5.41, 5.74) is 1.16. The molecule has 0 aliphatic carbocycles. The van der Waals surface area contributed by atoms with Crippen LogP contribution in [0.1, 0.15) is 49.2 Å². The number of amides is 1. The molecule has 1 fully saturated rings. The van der Waals surface area contributed by atoms with Crippen LogP contribution < -0.4 is 10.1 Å². The van der Waals surface area contributed by atoms with Gasteiger partial charge in [0.05, 0.1) is 6.61 Å². The van der Waals surface area contributed by atoms with Crippen LogP contribution in [-0.4, -0.2) is 61.3 Å². The predicted octanol–water partition coefficient (Wildman–Crippen LogP) is 4.54.